The summed E-state index contributed by atoms with van der Waals surface area (Å²) in [5, 5.41) is 7.06. The highest BCUT2D eigenvalue weighted by atomic mass is 16.1. The Hall–Kier alpha value is -1.58. The standard InChI is InChI=1S/C11H17N3O/c1-4-11(15)12-6-5-7-14-10(3)8-9(2)13-14/h4,8H,1,5-7H2,2-3H3,(H,12,15). The molecule has 0 radical (unpaired) electrons. The molecule has 0 aliphatic carbocycles. The smallest absolute Gasteiger partial charge is 0.243 e. The van der Waals surface area contributed by atoms with Crippen molar-refractivity contribution in [1.29, 1.82) is 0 Å². The number of aromatic nitrogens is 2. The first-order valence-electron chi connectivity index (χ1n) is 5.05. The van der Waals surface area contributed by atoms with Crippen LogP contribution < -0.4 is 5.32 Å². The van der Waals surface area contributed by atoms with Crippen molar-refractivity contribution in [3.63, 3.8) is 0 Å². The van der Waals surface area contributed by atoms with E-state index in [0.717, 1.165) is 24.4 Å². The molecule has 15 heavy (non-hydrogen) atoms. The highest BCUT2D eigenvalue weighted by Crippen LogP contribution is 2.01. The van der Waals surface area contributed by atoms with Crippen LogP contribution in [0.25, 0.3) is 0 Å². The molecule has 0 unspecified atom stereocenters. The number of hydrogen-bond donors (Lipinski definition) is 1. The Balaban J connectivity index is 2.29. The molecule has 1 heterocycles. The minimum atomic E-state index is -0.122. The lowest BCUT2D eigenvalue weighted by Gasteiger charge is -2.04. The number of nitrogens with zero attached hydrogens (tertiary/aromatic N) is 2. The fraction of sp³-hybridized carbons (Fsp3) is 0.455. The summed E-state index contributed by atoms with van der Waals surface area (Å²) in [6.45, 7) is 8.88. The molecule has 4 heteroatoms. The second-order valence-electron chi connectivity index (χ2n) is 3.50. The first-order chi connectivity index (χ1) is 7.13. The van der Waals surface area contributed by atoms with Crippen LogP contribution in [0.15, 0.2) is 18.7 Å². The molecule has 0 saturated carbocycles. The van der Waals surface area contributed by atoms with Crippen molar-refractivity contribution in [1.82, 2.24) is 15.1 Å². The fourth-order valence-electron chi connectivity index (χ4n) is 1.41. The van der Waals surface area contributed by atoms with E-state index in [1.807, 2.05) is 24.6 Å². The monoisotopic (exact) mass is 207 g/mol. The van der Waals surface area contributed by atoms with Gasteiger partial charge < -0.3 is 5.32 Å². The Bertz CT molecular complexity index is 355. The number of hydrogen-bond acceptors (Lipinski definition) is 2. The molecule has 0 aromatic carbocycles. The molecule has 0 aliphatic heterocycles. The third-order valence-electron chi connectivity index (χ3n) is 2.13. The topological polar surface area (TPSA) is 46.9 Å². The molecule has 82 valence electrons. The minimum Gasteiger partial charge on any atom is -0.353 e. The number of aryl methyl sites for hydroxylation is 3. The summed E-state index contributed by atoms with van der Waals surface area (Å²) in [5.41, 5.74) is 2.19. The van der Waals surface area contributed by atoms with Gasteiger partial charge in [0.1, 0.15) is 0 Å². The van der Waals surface area contributed by atoms with E-state index in [1.165, 1.54) is 6.08 Å². The van der Waals surface area contributed by atoms with Crippen molar-refractivity contribution in [2.45, 2.75) is 26.8 Å². The molecule has 1 N–H and O–H groups in total. The fourth-order valence-corrected chi connectivity index (χ4v) is 1.41. The van der Waals surface area contributed by atoms with Crippen LogP contribution in [0, 0.1) is 13.8 Å². The Labute approximate surface area is 90.0 Å². The van der Waals surface area contributed by atoms with E-state index in [9.17, 15) is 4.79 Å². The molecule has 0 fully saturated rings. The van der Waals surface area contributed by atoms with Gasteiger partial charge in [0.2, 0.25) is 5.91 Å². The largest absolute Gasteiger partial charge is 0.353 e. The quantitative estimate of drug-likeness (QED) is 0.582. The van der Waals surface area contributed by atoms with Crippen LogP contribution in [-0.4, -0.2) is 22.2 Å². The Morgan fingerprint density at radius 3 is 2.93 bits per heavy atom. The maximum absolute atomic E-state index is 10.8. The molecule has 1 rings (SSSR count). The van der Waals surface area contributed by atoms with Crippen molar-refractivity contribution < 1.29 is 4.79 Å². The number of rotatable bonds is 5. The van der Waals surface area contributed by atoms with Gasteiger partial charge in [-0.05, 0) is 32.4 Å². The number of amides is 1. The lowest BCUT2D eigenvalue weighted by molar-refractivity contribution is -0.116. The molecule has 0 spiro atoms. The van der Waals surface area contributed by atoms with E-state index in [0.29, 0.717) is 6.54 Å². The number of carbonyl (C=O) groups is 1. The lowest BCUT2D eigenvalue weighted by atomic mass is 10.4. The van der Waals surface area contributed by atoms with E-state index < -0.39 is 0 Å². The molecule has 1 aromatic heterocycles. The molecule has 0 atom stereocenters. The molecule has 1 amide bonds. The van der Waals surface area contributed by atoms with Gasteiger partial charge >= 0.3 is 0 Å². The van der Waals surface area contributed by atoms with E-state index >= 15 is 0 Å². The van der Waals surface area contributed by atoms with Crippen molar-refractivity contribution in [2.75, 3.05) is 6.54 Å². The zero-order chi connectivity index (χ0) is 11.3. The van der Waals surface area contributed by atoms with Gasteiger partial charge in [-0.15, -0.1) is 0 Å². The van der Waals surface area contributed by atoms with Crippen LogP contribution >= 0.6 is 0 Å². The van der Waals surface area contributed by atoms with Gasteiger partial charge in [0.05, 0.1) is 5.69 Å². The third-order valence-corrected chi connectivity index (χ3v) is 2.13. The Morgan fingerprint density at radius 2 is 2.40 bits per heavy atom. The van der Waals surface area contributed by atoms with E-state index in [1.54, 1.807) is 0 Å². The first-order valence-corrected chi connectivity index (χ1v) is 5.05. The van der Waals surface area contributed by atoms with Crippen LogP contribution in [0.5, 0.6) is 0 Å². The normalized spacial score (nSPS) is 10.0. The third kappa shape index (κ3) is 3.58. The van der Waals surface area contributed by atoms with Gasteiger partial charge in [0, 0.05) is 18.8 Å². The molecule has 4 nitrogen and oxygen atoms in total. The summed E-state index contributed by atoms with van der Waals surface area (Å²) in [6, 6.07) is 2.04. The predicted octanol–water partition coefficient (Wildman–Crippen LogP) is 1.19. The van der Waals surface area contributed by atoms with Crippen molar-refractivity contribution in [2.24, 2.45) is 0 Å². The number of nitrogens with one attached hydrogen (secondary N) is 1. The van der Waals surface area contributed by atoms with Crippen molar-refractivity contribution in [3.8, 4) is 0 Å². The maximum atomic E-state index is 10.8. The van der Waals surface area contributed by atoms with E-state index in [2.05, 4.69) is 17.0 Å². The minimum absolute atomic E-state index is 0.122. The van der Waals surface area contributed by atoms with Gasteiger partial charge in [-0.25, -0.2) is 0 Å². The van der Waals surface area contributed by atoms with E-state index in [-0.39, 0.29) is 5.91 Å². The molecule has 1 aromatic rings. The molecule has 0 aliphatic rings. The van der Waals surface area contributed by atoms with Gasteiger partial charge in [0.25, 0.3) is 0 Å². The van der Waals surface area contributed by atoms with E-state index in [4.69, 9.17) is 0 Å². The van der Waals surface area contributed by atoms with Crippen molar-refractivity contribution in [3.05, 3.63) is 30.1 Å². The van der Waals surface area contributed by atoms with Gasteiger partial charge in [-0.2, -0.15) is 5.10 Å². The second-order valence-corrected chi connectivity index (χ2v) is 3.50. The maximum Gasteiger partial charge on any atom is 0.243 e. The molecular weight excluding hydrogens is 190 g/mol. The summed E-state index contributed by atoms with van der Waals surface area (Å²) in [6.07, 6.45) is 2.16. The Morgan fingerprint density at radius 1 is 1.67 bits per heavy atom. The summed E-state index contributed by atoms with van der Waals surface area (Å²) in [7, 11) is 0. The summed E-state index contributed by atoms with van der Waals surface area (Å²) in [5.74, 6) is -0.122. The highest BCUT2D eigenvalue weighted by Gasteiger charge is 2.00. The lowest BCUT2D eigenvalue weighted by Crippen LogP contribution is -2.23. The average molecular weight is 207 g/mol. The highest BCUT2D eigenvalue weighted by molar-refractivity contribution is 5.86. The summed E-state index contributed by atoms with van der Waals surface area (Å²) in [4.78, 5) is 10.8. The zero-order valence-electron chi connectivity index (χ0n) is 9.29. The first kappa shape index (κ1) is 11.5. The second kappa shape index (κ2) is 5.34. The van der Waals surface area contributed by atoms with Crippen LogP contribution in [0.4, 0.5) is 0 Å². The molecule has 0 bridgehead atoms. The molecule has 0 saturated heterocycles. The van der Waals surface area contributed by atoms with Crippen LogP contribution in [-0.2, 0) is 11.3 Å². The van der Waals surface area contributed by atoms with Gasteiger partial charge in [-0.3, -0.25) is 9.48 Å². The average Bonchev–Trinajstić information content (AvgIpc) is 2.52. The summed E-state index contributed by atoms with van der Waals surface area (Å²) < 4.78 is 1.95. The van der Waals surface area contributed by atoms with Crippen LogP contribution in [0.3, 0.4) is 0 Å². The van der Waals surface area contributed by atoms with Crippen LogP contribution in [0.1, 0.15) is 17.8 Å². The number of carbonyl (C=O) groups excluding carboxylic acids is 1. The SMILES string of the molecule is C=CC(=O)NCCCn1nc(C)cc1C. The zero-order valence-corrected chi connectivity index (χ0v) is 9.29. The van der Waals surface area contributed by atoms with Crippen LogP contribution in [0.2, 0.25) is 0 Å². The van der Waals surface area contributed by atoms with Gasteiger partial charge in [-0.1, -0.05) is 6.58 Å². The van der Waals surface area contributed by atoms with Gasteiger partial charge in [0.15, 0.2) is 0 Å². The van der Waals surface area contributed by atoms with Crippen molar-refractivity contribution >= 4 is 5.91 Å². The predicted molar refractivity (Wildman–Crippen MR) is 59.5 cm³/mol. The molecular formula is C11H17N3O. The summed E-state index contributed by atoms with van der Waals surface area (Å²) >= 11 is 0. The Kier molecular flexibility index (Phi) is 4.09.